The molecule has 2 aromatic heterocycles. The van der Waals surface area contributed by atoms with E-state index in [1.807, 2.05) is 36.4 Å². The van der Waals surface area contributed by atoms with Gasteiger partial charge in [0.25, 0.3) is 0 Å². The molecule has 0 amide bonds. The number of unbranched alkanes of at least 4 members (excludes halogenated alkanes) is 1. The third kappa shape index (κ3) is 5.68. The number of hydrogen-bond donors (Lipinski definition) is 0. The molecule has 8 heteroatoms. The Hall–Kier alpha value is -1.83. The van der Waals surface area contributed by atoms with Gasteiger partial charge < -0.3 is 9.47 Å². The lowest BCUT2D eigenvalue weighted by Crippen LogP contribution is -2.31. The van der Waals surface area contributed by atoms with E-state index >= 15 is 0 Å². The lowest BCUT2D eigenvalue weighted by molar-refractivity contribution is -0.0379. The van der Waals surface area contributed by atoms with Gasteiger partial charge in [0, 0.05) is 38.0 Å². The minimum atomic E-state index is -0.214. The summed E-state index contributed by atoms with van der Waals surface area (Å²) in [5, 5.41) is 3.42. The molecule has 0 bridgehead atoms. The Kier molecular flexibility index (Phi) is 7.80. The van der Waals surface area contributed by atoms with Gasteiger partial charge in [-0.15, -0.1) is 23.1 Å². The fourth-order valence-corrected chi connectivity index (χ4v) is 6.95. The Labute approximate surface area is 230 Å². The van der Waals surface area contributed by atoms with E-state index in [4.69, 9.17) is 42.6 Å². The van der Waals surface area contributed by atoms with Gasteiger partial charge in [-0.3, -0.25) is 0 Å². The molecular weight excluding hydrogens is 531 g/mol. The summed E-state index contributed by atoms with van der Waals surface area (Å²) in [7, 11) is 0. The zero-order chi connectivity index (χ0) is 25.3. The minimum Gasteiger partial charge on any atom is -0.494 e. The molecule has 2 aromatic carbocycles. The molecule has 4 nitrogen and oxygen atoms in total. The Bertz CT molecular complexity index is 1390. The first-order valence-corrected chi connectivity index (χ1v) is 14.6. The van der Waals surface area contributed by atoms with E-state index in [0.29, 0.717) is 28.2 Å². The summed E-state index contributed by atoms with van der Waals surface area (Å²) in [6, 6.07) is 13.7. The quantitative estimate of drug-likeness (QED) is 0.122. The van der Waals surface area contributed by atoms with Crippen LogP contribution in [0.3, 0.4) is 0 Å². The first-order valence-electron chi connectivity index (χ1n) is 12.1. The summed E-state index contributed by atoms with van der Waals surface area (Å²) >= 11 is 16.0. The molecule has 4 aromatic rings. The summed E-state index contributed by atoms with van der Waals surface area (Å²) in [6.07, 6.45) is 2.99. The maximum absolute atomic E-state index is 6.48. The van der Waals surface area contributed by atoms with Crippen molar-refractivity contribution in [1.82, 2.24) is 9.97 Å². The smallest absolute Gasteiger partial charge is 0.162 e. The van der Waals surface area contributed by atoms with E-state index in [1.165, 1.54) is 10.4 Å². The van der Waals surface area contributed by atoms with Crippen LogP contribution in [0.1, 0.15) is 49.6 Å². The third-order valence-corrected chi connectivity index (χ3v) is 8.87. The van der Waals surface area contributed by atoms with Crippen molar-refractivity contribution < 1.29 is 9.47 Å². The van der Waals surface area contributed by atoms with Gasteiger partial charge in [0.2, 0.25) is 0 Å². The van der Waals surface area contributed by atoms with E-state index in [2.05, 4.69) is 20.8 Å². The summed E-state index contributed by atoms with van der Waals surface area (Å²) in [4.78, 5) is 12.3. The fourth-order valence-electron chi connectivity index (χ4n) is 4.16. The van der Waals surface area contributed by atoms with Gasteiger partial charge in [-0.1, -0.05) is 42.6 Å². The Morgan fingerprint density at radius 2 is 1.92 bits per heavy atom. The minimum absolute atomic E-state index is 0.214. The number of thioether (sulfide) groups is 1. The molecule has 0 fully saturated rings. The molecule has 0 unspecified atom stereocenters. The van der Waals surface area contributed by atoms with Crippen molar-refractivity contribution in [3.8, 4) is 17.1 Å². The molecule has 0 aliphatic carbocycles. The lowest BCUT2D eigenvalue weighted by atomic mass is 9.94. The van der Waals surface area contributed by atoms with Crippen molar-refractivity contribution >= 4 is 56.5 Å². The number of thiophene rings is 1. The summed E-state index contributed by atoms with van der Waals surface area (Å²) in [5.41, 5.74) is 3.09. The standard InChI is InChI=1S/C28H28Cl2N2O2S2/c1-4-5-12-33-20-10-7-17(8-11-20)25-31-26(35-16-18-6-9-19(29)13-22(18)30)24-21-14-28(2,3)34-15-23(21)36-27(24)32-25/h6-11,13H,4-5,12,14-16H2,1-3H3. The highest BCUT2D eigenvalue weighted by Gasteiger charge is 2.31. The van der Waals surface area contributed by atoms with Gasteiger partial charge in [0.1, 0.15) is 15.6 Å². The molecule has 36 heavy (non-hydrogen) atoms. The molecule has 0 radical (unpaired) electrons. The fraction of sp³-hybridized carbons (Fsp3) is 0.357. The highest BCUT2D eigenvalue weighted by atomic mass is 35.5. The van der Waals surface area contributed by atoms with Crippen molar-refractivity contribution in [2.45, 2.75) is 63.0 Å². The monoisotopic (exact) mass is 558 g/mol. The van der Waals surface area contributed by atoms with Crippen LogP contribution in [0.15, 0.2) is 47.5 Å². The largest absolute Gasteiger partial charge is 0.494 e. The predicted octanol–water partition coefficient (Wildman–Crippen LogP) is 8.99. The average Bonchev–Trinajstić information content (AvgIpc) is 3.20. The predicted molar refractivity (Wildman–Crippen MR) is 152 cm³/mol. The molecule has 5 rings (SSSR count). The first-order chi connectivity index (χ1) is 17.3. The second kappa shape index (κ2) is 10.9. The van der Waals surface area contributed by atoms with Crippen molar-refractivity contribution in [3.05, 3.63) is 68.5 Å². The molecule has 1 aliphatic heterocycles. The van der Waals surface area contributed by atoms with Gasteiger partial charge in [0.05, 0.1) is 18.8 Å². The van der Waals surface area contributed by atoms with Gasteiger partial charge in [-0.2, -0.15) is 0 Å². The van der Waals surface area contributed by atoms with Crippen molar-refractivity contribution in [2.24, 2.45) is 0 Å². The van der Waals surface area contributed by atoms with Crippen LogP contribution in [0.2, 0.25) is 10.0 Å². The van der Waals surface area contributed by atoms with Crippen LogP contribution in [-0.2, 0) is 23.5 Å². The Balaban J connectivity index is 1.52. The zero-order valence-electron chi connectivity index (χ0n) is 20.6. The highest BCUT2D eigenvalue weighted by Crippen LogP contribution is 2.43. The average molecular weight is 560 g/mol. The number of benzene rings is 2. The van der Waals surface area contributed by atoms with E-state index in [0.717, 1.165) is 58.0 Å². The number of rotatable bonds is 8. The van der Waals surface area contributed by atoms with E-state index < -0.39 is 0 Å². The maximum Gasteiger partial charge on any atom is 0.162 e. The van der Waals surface area contributed by atoms with Crippen LogP contribution >= 0.6 is 46.3 Å². The molecular formula is C28H28Cl2N2O2S2. The van der Waals surface area contributed by atoms with E-state index in [-0.39, 0.29) is 5.60 Å². The number of fused-ring (bicyclic) bond motifs is 3. The van der Waals surface area contributed by atoms with Crippen LogP contribution in [0.5, 0.6) is 5.75 Å². The van der Waals surface area contributed by atoms with Crippen LogP contribution in [0.25, 0.3) is 21.6 Å². The van der Waals surface area contributed by atoms with Crippen LogP contribution in [0, 0.1) is 0 Å². The number of halogens is 2. The molecule has 1 aliphatic rings. The number of aromatic nitrogens is 2. The van der Waals surface area contributed by atoms with Crippen LogP contribution in [-0.4, -0.2) is 22.2 Å². The van der Waals surface area contributed by atoms with Crippen LogP contribution in [0.4, 0.5) is 0 Å². The Morgan fingerprint density at radius 3 is 2.67 bits per heavy atom. The molecule has 0 N–H and O–H groups in total. The molecule has 0 atom stereocenters. The maximum atomic E-state index is 6.48. The second-order valence-corrected chi connectivity index (χ2v) is 12.4. The SMILES string of the molecule is CCCCOc1ccc(-c2nc(SCc3ccc(Cl)cc3Cl)c3c4c(sc3n2)COC(C)(C)C4)cc1. The topological polar surface area (TPSA) is 44.2 Å². The number of hydrogen-bond acceptors (Lipinski definition) is 6. The van der Waals surface area contributed by atoms with Crippen molar-refractivity contribution in [2.75, 3.05) is 6.61 Å². The summed E-state index contributed by atoms with van der Waals surface area (Å²) < 4.78 is 11.9. The summed E-state index contributed by atoms with van der Waals surface area (Å²) in [5.74, 6) is 2.27. The van der Waals surface area contributed by atoms with Gasteiger partial charge >= 0.3 is 0 Å². The number of nitrogens with zero attached hydrogens (tertiary/aromatic N) is 2. The van der Waals surface area contributed by atoms with Crippen LogP contribution < -0.4 is 4.74 Å². The normalized spacial score (nSPS) is 14.7. The van der Waals surface area contributed by atoms with Crippen molar-refractivity contribution in [3.63, 3.8) is 0 Å². The van der Waals surface area contributed by atoms with Gasteiger partial charge in [0.15, 0.2) is 5.82 Å². The second-order valence-electron chi connectivity index (χ2n) is 9.51. The summed E-state index contributed by atoms with van der Waals surface area (Å²) in [6.45, 7) is 7.77. The van der Waals surface area contributed by atoms with Gasteiger partial charge in [-0.05, 0) is 67.8 Å². The molecule has 188 valence electrons. The lowest BCUT2D eigenvalue weighted by Gasteiger charge is -2.30. The van der Waals surface area contributed by atoms with Crippen molar-refractivity contribution in [1.29, 1.82) is 0 Å². The molecule has 0 saturated heterocycles. The van der Waals surface area contributed by atoms with E-state index in [1.54, 1.807) is 29.2 Å². The number of ether oxygens (including phenoxy) is 2. The first kappa shape index (κ1) is 25.8. The molecule has 0 saturated carbocycles. The molecule has 3 heterocycles. The highest BCUT2D eigenvalue weighted by molar-refractivity contribution is 7.98. The Morgan fingerprint density at radius 1 is 1.11 bits per heavy atom. The zero-order valence-corrected chi connectivity index (χ0v) is 23.7. The molecule has 0 spiro atoms. The van der Waals surface area contributed by atoms with Gasteiger partial charge in [-0.25, -0.2) is 9.97 Å². The van der Waals surface area contributed by atoms with E-state index in [9.17, 15) is 0 Å². The third-order valence-electron chi connectivity index (χ3n) is 6.16.